The van der Waals surface area contributed by atoms with Gasteiger partial charge in [0, 0.05) is 6.42 Å². The third kappa shape index (κ3) is 7.47. The van der Waals surface area contributed by atoms with Crippen molar-refractivity contribution in [3.05, 3.63) is 59.2 Å². The van der Waals surface area contributed by atoms with Gasteiger partial charge in [0.2, 0.25) is 0 Å². The van der Waals surface area contributed by atoms with Crippen LogP contribution in [0.3, 0.4) is 0 Å². The number of esters is 2. The Hall–Kier alpha value is -3.79. The van der Waals surface area contributed by atoms with E-state index in [1.54, 1.807) is 32.0 Å². The molecule has 2 aromatic carbocycles. The van der Waals surface area contributed by atoms with Crippen molar-refractivity contribution in [1.82, 2.24) is 0 Å². The standard InChI is InChI=1S/C25H27NO6/c1-4-29-23-16-19(15-20(17-26)25(28)30-5-2)12-13-22(23)32-24(27)11-8-14-31-21-10-7-6-9-18(21)3/h6-7,9-10,12-13,15-16H,4-5,8,11,14H2,1-3H3/b20-15+. The van der Waals surface area contributed by atoms with E-state index < -0.39 is 11.9 Å². The van der Waals surface area contributed by atoms with E-state index in [0.29, 0.717) is 30.9 Å². The van der Waals surface area contributed by atoms with Gasteiger partial charge in [-0.05, 0) is 62.6 Å². The van der Waals surface area contributed by atoms with E-state index >= 15 is 0 Å². The Morgan fingerprint density at radius 2 is 1.78 bits per heavy atom. The first-order chi connectivity index (χ1) is 15.5. The van der Waals surface area contributed by atoms with E-state index in [0.717, 1.165) is 11.3 Å². The molecule has 0 aromatic heterocycles. The van der Waals surface area contributed by atoms with Gasteiger partial charge in [-0.2, -0.15) is 5.26 Å². The van der Waals surface area contributed by atoms with Gasteiger partial charge in [0.05, 0.1) is 19.8 Å². The maximum absolute atomic E-state index is 12.3. The number of carbonyl (C=O) groups is 2. The number of rotatable bonds is 11. The molecule has 2 rings (SSSR count). The van der Waals surface area contributed by atoms with Crippen molar-refractivity contribution < 1.29 is 28.5 Å². The number of nitrogens with zero attached hydrogens (tertiary/aromatic N) is 1. The highest BCUT2D eigenvalue weighted by molar-refractivity contribution is 5.98. The van der Waals surface area contributed by atoms with Crippen LogP contribution in [0.15, 0.2) is 48.0 Å². The molecule has 0 atom stereocenters. The van der Waals surface area contributed by atoms with Gasteiger partial charge in [0.15, 0.2) is 11.5 Å². The van der Waals surface area contributed by atoms with Crippen LogP contribution in [0.25, 0.3) is 6.08 Å². The molecule has 0 N–H and O–H groups in total. The number of benzene rings is 2. The van der Waals surface area contributed by atoms with Crippen LogP contribution in [0.4, 0.5) is 0 Å². The zero-order valence-electron chi connectivity index (χ0n) is 18.6. The fourth-order valence-corrected chi connectivity index (χ4v) is 2.77. The Kier molecular flexibility index (Phi) is 9.79. The lowest BCUT2D eigenvalue weighted by molar-refractivity contribution is -0.138. The average molecular weight is 437 g/mol. The van der Waals surface area contributed by atoms with Crippen molar-refractivity contribution in [3.63, 3.8) is 0 Å². The molecule has 0 heterocycles. The third-order valence-corrected chi connectivity index (χ3v) is 4.29. The molecule has 7 heteroatoms. The van der Waals surface area contributed by atoms with E-state index in [-0.39, 0.29) is 24.4 Å². The van der Waals surface area contributed by atoms with Crippen LogP contribution >= 0.6 is 0 Å². The van der Waals surface area contributed by atoms with Gasteiger partial charge in [-0.15, -0.1) is 0 Å². The summed E-state index contributed by atoms with van der Waals surface area (Å²) in [7, 11) is 0. The summed E-state index contributed by atoms with van der Waals surface area (Å²) >= 11 is 0. The topological polar surface area (TPSA) is 94.9 Å². The summed E-state index contributed by atoms with van der Waals surface area (Å²) < 4.78 is 21.6. The molecule has 0 amide bonds. The second-order valence-corrected chi connectivity index (χ2v) is 6.72. The lowest BCUT2D eigenvalue weighted by atomic mass is 10.1. The highest BCUT2D eigenvalue weighted by Gasteiger charge is 2.14. The second kappa shape index (κ2) is 12.8. The molecule has 0 unspecified atom stereocenters. The maximum Gasteiger partial charge on any atom is 0.348 e. The summed E-state index contributed by atoms with van der Waals surface area (Å²) in [5.74, 6) is 0.293. The van der Waals surface area contributed by atoms with E-state index in [1.165, 1.54) is 6.08 Å². The monoisotopic (exact) mass is 437 g/mol. The molecular formula is C25H27NO6. The van der Waals surface area contributed by atoms with Crippen LogP contribution in [0, 0.1) is 18.3 Å². The van der Waals surface area contributed by atoms with Crippen LogP contribution in [-0.2, 0) is 14.3 Å². The number of carbonyl (C=O) groups excluding carboxylic acids is 2. The highest BCUT2D eigenvalue weighted by atomic mass is 16.6. The van der Waals surface area contributed by atoms with Gasteiger partial charge in [-0.1, -0.05) is 24.3 Å². The molecule has 0 saturated carbocycles. The quantitative estimate of drug-likeness (QED) is 0.166. The summed E-state index contributed by atoms with van der Waals surface area (Å²) in [5, 5.41) is 9.19. The van der Waals surface area contributed by atoms with E-state index in [2.05, 4.69) is 0 Å². The van der Waals surface area contributed by atoms with E-state index in [9.17, 15) is 14.9 Å². The van der Waals surface area contributed by atoms with Gasteiger partial charge in [0.25, 0.3) is 0 Å². The second-order valence-electron chi connectivity index (χ2n) is 6.72. The molecule has 0 bridgehead atoms. The van der Waals surface area contributed by atoms with Crippen molar-refractivity contribution in [1.29, 1.82) is 5.26 Å². The molecule has 0 aliphatic carbocycles. The Morgan fingerprint density at radius 3 is 2.47 bits per heavy atom. The summed E-state index contributed by atoms with van der Waals surface area (Å²) in [4.78, 5) is 24.1. The van der Waals surface area contributed by atoms with Gasteiger partial charge >= 0.3 is 11.9 Å². The third-order valence-electron chi connectivity index (χ3n) is 4.29. The highest BCUT2D eigenvalue weighted by Crippen LogP contribution is 2.30. The molecule has 7 nitrogen and oxygen atoms in total. The minimum Gasteiger partial charge on any atom is -0.493 e. The fraction of sp³-hybridized carbons (Fsp3) is 0.320. The first-order valence-electron chi connectivity index (χ1n) is 10.4. The SMILES string of the molecule is CCOC(=O)/C(C#N)=C/c1ccc(OC(=O)CCCOc2ccccc2C)c(OCC)c1. The fourth-order valence-electron chi connectivity index (χ4n) is 2.77. The molecule has 0 fully saturated rings. The molecule has 32 heavy (non-hydrogen) atoms. The number of nitriles is 1. The van der Waals surface area contributed by atoms with Gasteiger partial charge in [-0.3, -0.25) is 4.79 Å². The van der Waals surface area contributed by atoms with Crippen molar-refractivity contribution in [2.75, 3.05) is 19.8 Å². The number of ether oxygens (including phenoxy) is 4. The van der Waals surface area contributed by atoms with Gasteiger partial charge in [-0.25, -0.2) is 4.79 Å². The zero-order chi connectivity index (χ0) is 23.3. The maximum atomic E-state index is 12.3. The van der Waals surface area contributed by atoms with Crippen LogP contribution < -0.4 is 14.2 Å². The normalized spacial score (nSPS) is 10.8. The number of hydrogen-bond donors (Lipinski definition) is 0. The van der Waals surface area contributed by atoms with Crippen LogP contribution in [0.2, 0.25) is 0 Å². The van der Waals surface area contributed by atoms with Crippen LogP contribution in [0.1, 0.15) is 37.8 Å². The lowest BCUT2D eigenvalue weighted by Gasteiger charge is -2.12. The first-order valence-corrected chi connectivity index (χ1v) is 10.4. The molecule has 0 aliphatic rings. The summed E-state index contributed by atoms with van der Waals surface area (Å²) in [6, 6.07) is 14.3. The van der Waals surface area contributed by atoms with Crippen LogP contribution in [0.5, 0.6) is 17.2 Å². The van der Waals surface area contributed by atoms with Gasteiger partial charge in [0.1, 0.15) is 17.4 Å². The van der Waals surface area contributed by atoms with Crippen molar-refractivity contribution in [3.8, 4) is 23.3 Å². The largest absolute Gasteiger partial charge is 0.493 e. The first kappa shape index (κ1) is 24.5. The number of aryl methyl sites for hydroxylation is 1. The Morgan fingerprint density at radius 1 is 1.00 bits per heavy atom. The molecule has 0 radical (unpaired) electrons. The Balaban J connectivity index is 1.99. The van der Waals surface area contributed by atoms with Gasteiger partial charge < -0.3 is 18.9 Å². The molecule has 0 spiro atoms. The molecular weight excluding hydrogens is 410 g/mol. The molecule has 0 saturated heterocycles. The predicted octanol–water partition coefficient (Wildman–Crippen LogP) is 4.63. The van der Waals surface area contributed by atoms with E-state index in [1.807, 2.05) is 37.3 Å². The number of hydrogen-bond acceptors (Lipinski definition) is 7. The van der Waals surface area contributed by atoms with Crippen molar-refractivity contribution in [2.24, 2.45) is 0 Å². The molecule has 2 aromatic rings. The van der Waals surface area contributed by atoms with Crippen LogP contribution in [-0.4, -0.2) is 31.8 Å². The van der Waals surface area contributed by atoms with Crippen molar-refractivity contribution >= 4 is 18.0 Å². The minimum atomic E-state index is -0.698. The lowest BCUT2D eigenvalue weighted by Crippen LogP contribution is -2.11. The van der Waals surface area contributed by atoms with E-state index in [4.69, 9.17) is 18.9 Å². The minimum absolute atomic E-state index is 0.132. The predicted molar refractivity (Wildman–Crippen MR) is 119 cm³/mol. The van der Waals surface area contributed by atoms with Crippen molar-refractivity contribution in [2.45, 2.75) is 33.6 Å². The summed E-state index contributed by atoms with van der Waals surface area (Å²) in [6.07, 6.45) is 2.08. The smallest absolute Gasteiger partial charge is 0.348 e. The zero-order valence-corrected chi connectivity index (χ0v) is 18.6. The Labute approximate surface area is 188 Å². The number of para-hydroxylation sites is 1. The average Bonchev–Trinajstić information content (AvgIpc) is 2.78. The summed E-state index contributed by atoms with van der Waals surface area (Å²) in [5.41, 5.74) is 1.45. The molecule has 168 valence electrons. The Bertz CT molecular complexity index is 1010. The summed E-state index contributed by atoms with van der Waals surface area (Å²) in [6.45, 7) is 6.35. The molecule has 0 aliphatic heterocycles.